The number of β-amino-alcohol motifs (C(OH)–C–C–N with tert-alkyl or cyclic N) is 1. The van der Waals surface area contributed by atoms with Gasteiger partial charge in [0.05, 0.1) is 6.10 Å². The Labute approximate surface area is 98.8 Å². The zero-order valence-corrected chi connectivity index (χ0v) is 10.6. The second kappa shape index (κ2) is 3.89. The monoisotopic (exact) mass is 269 g/mol. The van der Waals surface area contributed by atoms with E-state index in [4.69, 9.17) is 0 Å². The molecular formula is C12H16BrNO. The molecule has 1 aliphatic heterocycles. The number of hydrogen-bond acceptors (Lipinski definition) is 2. The van der Waals surface area contributed by atoms with Gasteiger partial charge < -0.3 is 10.4 Å². The molecule has 1 aliphatic rings. The fourth-order valence-electron chi connectivity index (χ4n) is 2.15. The van der Waals surface area contributed by atoms with Crippen molar-refractivity contribution in [3.8, 4) is 0 Å². The summed E-state index contributed by atoms with van der Waals surface area (Å²) >= 11 is 3.45. The van der Waals surface area contributed by atoms with Gasteiger partial charge in [-0.05, 0) is 23.3 Å². The van der Waals surface area contributed by atoms with Crippen LogP contribution in [0.1, 0.15) is 31.1 Å². The Hall–Kier alpha value is -0.380. The molecule has 15 heavy (non-hydrogen) atoms. The third-order valence-electron chi connectivity index (χ3n) is 3.01. The molecule has 0 radical (unpaired) electrons. The van der Waals surface area contributed by atoms with Gasteiger partial charge in [0, 0.05) is 23.0 Å². The zero-order chi connectivity index (χ0) is 11.1. The predicted octanol–water partition coefficient (Wildman–Crippen LogP) is 2.36. The SMILES string of the molecule is CC1(C)CNCC(O)c2cc(Br)ccc21. The van der Waals surface area contributed by atoms with Gasteiger partial charge in [0.2, 0.25) is 0 Å². The van der Waals surface area contributed by atoms with Gasteiger partial charge in [-0.15, -0.1) is 0 Å². The maximum absolute atomic E-state index is 10.0. The van der Waals surface area contributed by atoms with Gasteiger partial charge in [0.25, 0.3) is 0 Å². The van der Waals surface area contributed by atoms with E-state index in [-0.39, 0.29) is 5.41 Å². The molecule has 1 atom stereocenters. The summed E-state index contributed by atoms with van der Waals surface area (Å²) < 4.78 is 1.03. The van der Waals surface area contributed by atoms with Crippen LogP contribution < -0.4 is 5.32 Å². The minimum Gasteiger partial charge on any atom is -0.387 e. The molecule has 0 aromatic heterocycles. The molecule has 0 spiro atoms. The molecule has 0 bridgehead atoms. The first kappa shape index (κ1) is 11.1. The largest absolute Gasteiger partial charge is 0.387 e. The first-order chi connectivity index (χ1) is 7.00. The lowest BCUT2D eigenvalue weighted by Crippen LogP contribution is -2.31. The Balaban J connectivity index is 2.56. The van der Waals surface area contributed by atoms with Crippen LogP contribution in [-0.4, -0.2) is 18.2 Å². The van der Waals surface area contributed by atoms with Crippen molar-refractivity contribution in [1.29, 1.82) is 0 Å². The van der Waals surface area contributed by atoms with E-state index >= 15 is 0 Å². The van der Waals surface area contributed by atoms with Gasteiger partial charge in [0.15, 0.2) is 0 Å². The topological polar surface area (TPSA) is 32.3 Å². The molecule has 0 aliphatic carbocycles. The number of rotatable bonds is 0. The van der Waals surface area contributed by atoms with Gasteiger partial charge in [0.1, 0.15) is 0 Å². The standard InChI is InChI=1S/C12H16BrNO/c1-12(2)7-14-6-11(15)9-5-8(13)3-4-10(9)12/h3-5,11,14-15H,6-7H2,1-2H3. The average Bonchev–Trinajstić information content (AvgIpc) is 2.25. The number of aliphatic hydroxyl groups is 1. The number of fused-ring (bicyclic) bond motifs is 1. The third kappa shape index (κ3) is 2.10. The molecule has 2 N–H and O–H groups in total. The summed E-state index contributed by atoms with van der Waals surface area (Å²) in [4.78, 5) is 0. The number of hydrogen-bond donors (Lipinski definition) is 2. The summed E-state index contributed by atoms with van der Waals surface area (Å²) in [5.74, 6) is 0. The first-order valence-electron chi connectivity index (χ1n) is 5.19. The Morgan fingerprint density at radius 2 is 2.20 bits per heavy atom. The van der Waals surface area contributed by atoms with Crippen molar-refractivity contribution in [2.45, 2.75) is 25.4 Å². The van der Waals surface area contributed by atoms with Crippen molar-refractivity contribution < 1.29 is 5.11 Å². The highest BCUT2D eigenvalue weighted by Gasteiger charge is 2.29. The van der Waals surface area contributed by atoms with Crippen LogP contribution in [0.3, 0.4) is 0 Å². The van der Waals surface area contributed by atoms with E-state index in [1.54, 1.807) is 0 Å². The summed E-state index contributed by atoms with van der Waals surface area (Å²) in [6.45, 7) is 5.93. The predicted molar refractivity (Wildman–Crippen MR) is 65.0 cm³/mol. The molecule has 1 heterocycles. The highest BCUT2D eigenvalue weighted by Crippen LogP contribution is 2.33. The smallest absolute Gasteiger partial charge is 0.0917 e. The number of aliphatic hydroxyl groups excluding tert-OH is 1. The second-order valence-corrected chi connectivity index (χ2v) is 5.68. The first-order valence-corrected chi connectivity index (χ1v) is 5.99. The van der Waals surface area contributed by atoms with Crippen LogP contribution in [0.4, 0.5) is 0 Å². The Morgan fingerprint density at radius 3 is 2.93 bits per heavy atom. The molecule has 82 valence electrons. The van der Waals surface area contributed by atoms with Gasteiger partial charge in [-0.3, -0.25) is 0 Å². The van der Waals surface area contributed by atoms with E-state index < -0.39 is 6.10 Å². The van der Waals surface area contributed by atoms with Gasteiger partial charge in [-0.2, -0.15) is 0 Å². The molecule has 1 unspecified atom stereocenters. The minimum absolute atomic E-state index is 0.0769. The minimum atomic E-state index is -0.403. The van der Waals surface area contributed by atoms with Crippen molar-refractivity contribution in [3.63, 3.8) is 0 Å². The molecule has 0 saturated heterocycles. The highest BCUT2D eigenvalue weighted by atomic mass is 79.9. The van der Waals surface area contributed by atoms with E-state index in [2.05, 4.69) is 41.2 Å². The Bertz CT molecular complexity index is 376. The third-order valence-corrected chi connectivity index (χ3v) is 3.50. The molecule has 0 fully saturated rings. The molecule has 3 heteroatoms. The normalized spacial score (nSPS) is 24.4. The van der Waals surface area contributed by atoms with Crippen molar-refractivity contribution in [2.24, 2.45) is 0 Å². The summed E-state index contributed by atoms with van der Waals surface area (Å²) in [5, 5.41) is 13.3. The Morgan fingerprint density at radius 1 is 1.47 bits per heavy atom. The lowest BCUT2D eigenvalue weighted by atomic mass is 9.81. The van der Waals surface area contributed by atoms with Crippen LogP contribution >= 0.6 is 15.9 Å². The zero-order valence-electron chi connectivity index (χ0n) is 9.05. The summed E-state index contributed by atoms with van der Waals surface area (Å²) in [6.07, 6.45) is -0.403. The van der Waals surface area contributed by atoms with Crippen molar-refractivity contribution in [2.75, 3.05) is 13.1 Å². The van der Waals surface area contributed by atoms with Crippen molar-refractivity contribution >= 4 is 15.9 Å². The van der Waals surface area contributed by atoms with Gasteiger partial charge in [-0.1, -0.05) is 35.8 Å². The van der Waals surface area contributed by atoms with E-state index in [9.17, 15) is 5.11 Å². The van der Waals surface area contributed by atoms with E-state index in [1.165, 1.54) is 5.56 Å². The van der Waals surface area contributed by atoms with Crippen LogP contribution in [0.2, 0.25) is 0 Å². The van der Waals surface area contributed by atoms with Crippen LogP contribution in [0.5, 0.6) is 0 Å². The van der Waals surface area contributed by atoms with Crippen LogP contribution in [0, 0.1) is 0 Å². The Kier molecular flexibility index (Phi) is 2.88. The molecule has 0 saturated carbocycles. The lowest BCUT2D eigenvalue weighted by molar-refractivity contribution is 0.177. The maximum atomic E-state index is 10.0. The fourth-order valence-corrected chi connectivity index (χ4v) is 2.53. The molecule has 2 nitrogen and oxygen atoms in total. The van der Waals surface area contributed by atoms with Crippen LogP contribution in [-0.2, 0) is 5.41 Å². The highest BCUT2D eigenvalue weighted by molar-refractivity contribution is 9.10. The van der Waals surface area contributed by atoms with Crippen molar-refractivity contribution in [1.82, 2.24) is 5.32 Å². The number of halogens is 1. The molecule has 0 amide bonds. The second-order valence-electron chi connectivity index (χ2n) is 4.76. The van der Waals surface area contributed by atoms with Crippen LogP contribution in [0.25, 0.3) is 0 Å². The molecular weight excluding hydrogens is 254 g/mol. The number of nitrogens with one attached hydrogen (secondary N) is 1. The molecule has 1 aromatic carbocycles. The van der Waals surface area contributed by atoms with E-state index in [0.717, 1.165) is 16.6 Å². The molecule has 1 aromatic rings. The maximum Gasteiger partial charge on any atom is 0.0917 e. The lowest BCUT2D eigenvalue weighted by Gasteiger charge is -2.25. The quantitative estimate of drug-likeness (QED) is 0.758. The summed E-state index contributed by atoms with van der Waals surface area (Å²) in [7, 11) is 0. The average molecular weight is 270 g/mol. The van der Waals surface area contributed by atoms with Gasteiger partial charge >= 0.3 is 0 Å². The molecule has 2 rings (SSSR count). The van der Waals surface area contributed by atoms with E-state index in [1.807, 2.05) is 12.1 Å². The fraction of sp³-hybridized carbons (Fsp3) is 0.500. The van der Waals surface area contributed by atoms with Crippen molar-refractivity contribution in [3.05, 3.63) is 33.8 Å². The summed E-state index contributed by atoms with van der Waals surface area (Å²) in [6, 6.07) is 6.17. The summed E-state index contributed by atoms with van der Waals surface area (Å²) in [5.41, 5.74) is 2.36. The van der Waals surface area contributed by atoms with Gasteiger partial charge in [-0.25, -0.2) is 0 Å². The van der Waals surface area contributed by atoms with E-state index in [0.29, 0.717) is 6.54 Å². The number of benzene rings is 1. The van der Waals surface area contributed by atoms with Crippen LogP contribution in [0.15, 0.2) is 22.7 Å².